The van der Waals surface area contributed by atoms with E-state index in [0.717, 1.165) is 17.0 Å². The minimum Gasteiger partial charge on any atom is -0.494 e. The maximum Gasteiger partial charge on any atom is 0.325 e. The minimum atomic E-state index is -0.389. The first-order valence-electron chi connectivity index (χ1n) is 8.61. The van der Waals surface area contributed by atoms with Crippen LogP contribution in [-0.4, -0.2) is 31.8 Å². The fourth-order valence-corrected chi connectivity index (χ4v) is 3.24. The highest BCUT2D eigenvalue weighted by Gasteiger charge is 2.10. The van der Waals surface area contributed by atoms with E-state index in [0.29, 0.717) is 28.9 Å². The number of carbonyl (C=O) groups excluding carboxylic acids is 1. The van der Waals surface area contributed by atoms with Crippen molar-refractivity contribution in [3.8, 4) is 28.5 Å². The summed E-state index contributed by atoms with van der Waals surface area (Å²) < 4.78 is 15.9. The first-order chi connectivity index (χ1) is 13.6. The second-order valence-corrected chi connectivity index (χ2v) is 6.50. The lowest BCUT2D eigenvalue weighted by atomic mass is 10.2. The van der Waals surface area contributed by atoms with Crippen LogP contribution in [0.2, 0.25) is 0 Å². The van der Waals surface area contributed by atoms with E-state index < -0.39 is 0 Å². The Balaban J connectivity index is 1.64. The summed E-state index contributed by atoms with van der Waals surface area (Å²) in [6, 6.07) is 12.4. The number of methoxy groups -OCH3 is 2. The molecule has 28 heavy (non-hydrogen) atoms. The highest BCUT2D eigenvalue weighted by atomic mass is 32.1. The summed E-state index contributed by atoms with van der Waals surface area (Å²) in [5.74, 6) is 1.94. The van der Waals surface area contributed by atoms with E-state index >= 15 is 0 Å². The largest absolute Gasteiger partial charge is 0.494 e. The van der Waals surface area contributed by atoms with Gasteiger partial charge in [-0.3, -0.25) is 5.32 Å². The van der Waals surface area contributed by atoms with Crippen LogP contribution in [0.3, 0.4) is 0 Å². The smallest absolute Gasteiger partial charge is 0.325 e. The van der Waals surface area contributed by atoms with Gasteiger partial charge in [-0.25, -0.2) is 9.78 Å². The molecule has 2 N–H and O–H groups in total. The molecule has 2 amide bonds. The Kier molecular flexibility index (Phi) is 6.33. The van der Waals surface area contributed by atoms with Gasteiger partial charge in [-0.2, -0.15) is 0 Å². The van der Waals surface area contributed by atoms with Crippen molar-refractivity contribution in [2.75, 3.05) is 31.5 Å². The normalized spacial score (nSPS) is 10.2. The number of nitrogens with one attached hydrogen (secondary N) is 2. The van der Waals surface area contributed by atoms with Crippen LogP contribution in [0.4, 0.5) is 15.6 Å². The Labute approximate surface area is 167 Å². The molecule has 0 spiro atoms. The van der Waals surface area contributed by atoms with E-state index in [-0.39, 0.29) is 6.03 Å². The van der Waals surface area contributed by atoms with Crippen molar-refractivity contribution in [3.63, 3.8) is 0 Å². The van der Waals surface area contributed by atoms with Crippen LogP contribution < -0.4 is 24.8 Å². The third-order valence-corrected chi connectivity index (χ3v) is 4.58. The number of nitrogens with zero attached hydrogens (tertiary/aromatic N) is 1. The van der Waals surface area contributed by atoms with Gasteiger partial charge in [-0.05, 0) is 43.3 Å². The molecule has 1 heterocycles. The number of aromatic nitrogens is 1. The molecular weight excluding hydrogens is 378 g/mol. The van der Waals surface area contributed by atoms with Crippen molar-refractivity contribution in [3.05, 3.63) is 47.8 Å². The number of urea groups is 1. The fourth-order valence-electron chi connectivity index (χ4n) is 2.53. The molecule has 0 bridgehead atoms. The molecule has 0 aliphatic heterocycles. The zero-order valence-corrected chi connectivity index (χ0v) is 16.6. The molecule has 0 saturated heterocycles. The van der Waals surface area contributed by atoms with Gasteiger partial charge in [0, 0.05) is 22.7 Å². The Bertz CT molecular complexity index is 941. The van der Waals surface area contributed by atoms with Crippen molar-refractivity contribution < 1.29 is 19.0 Å². The molecular formula is C20H21N3O4S. The van der Waals surface area contributed by atoms with Crippen molar-refractivity contribution in [1.82, 2.24) is 4.98 Å². The number of hydrogen-bond acceptors (Lipinski definition) is 6. The molecule has 0 unspecified atom stereocenters. The maximum absolute atomic E-state index is 12.3. The number of hydrogen-bond donors (Lipinski definition) is 2. The van der Waals surface area contributed by atoms with Gasteiger partial charge in [0.1, 0.15) is 5.75 Å². The molecule has 146 valence electrons. The van der Waals surface area contributed by atoms with Crippen LogP contribution in [0.25, 0.3) is 11.3 Å². The van der Waals surface area contributed by atoms with Crippen LogP contribution in [0.5, 0.6) is 17.2 Å². The van der Waals surface area contributed by atoms with Gasteiger partial charge in [0.15, 0.2) is 16.6 Å². The fraction of sp³-hybridized carbons (Fsp3) is 0.200. The number of thiazole rings is 1. The average Bonchev–Trinajstić information content (AvgIpc) is 3.17. The predicted octanol–water partition coefficient (Wildman–Crippen LogP) is 4.87. The molecule has 0 atom stereocenters. The second kappa shape index (κ2) is 9.09. The minimum absolute atomic E-state index is 0.389. The van der Waals surface area contributed by atoms with Crippen LogP contribution in [0.15, 0.2) is 47.8 Å². The average molecular weight is 399 g/mol. The molecule has 0 fully saturated rings. The van der Waals surface area contributed by atoms with E-state index in [1.54, 1.807) is 32.4 Å². The van der Waals surface area contributed by atoms with Crippen LogP contribution in [0, 0.1) is 0 Å². The quantitative estimate of drug-likeness (QED) is 0.592. The maximum atomic E-state index is 12.3. The van der Waals surface area contributed by atoms with Crippen LogP contribution >= 0.6 is 11.3 Å². The summed E-state index contributed by atoms with van der Waals surface area (Å²) in [6.07, 6.45) is 0. The summed E-state index contributed by atoms with van der Waals surface area (Å²) in [6.45, 7) is 2.57. The molecule has 2 aromatic carbocycles. The van der Waals surface area contributed by atoms with Gasteiger partial charge in [-0.15, -0.1) is 11.3 Å². The van der Waals surface area contributed by atoms with E-state index in [4.69, 9.17) is 14.2 Å². The Morgan fingerprint density at radius 3 is 2.46 bits per heavy atom. The third kappa shape index (κ3) is 4.72. The summed E-state index contributed by atoms with van der Waals surface area (Å²) >= 11 is 1.35. The van der Waals surface area contributed by atoms with Gasteiger partial charge in [0.05, 0.1) is 26.5 Å². The molecule has 3 rings (SSSR count). The number of benzene rings is 2. The van der Waals surface area contributed by atoms with Gasteiger partial charge in [0.2, 0.25) is 0 Å². The zero-order valence-electron chi connectivity index (χ0n) is 15.8. The molecule has 1 aromatic heterocycles. The summed E-state index contributed by atoms with van der Waals surface area (Å²) in [5, 5.41) is 7.88. The van der Waals surface area contributed by atoms with Crippen molar-refractivity contribution in [1.29, 1.82) is 0 Å². The van der Waals surface area contributed by atoms with E-state index in [2.05, 4.69) is 15.6 Å². The topological polar surface area (TPSA) is 81.7 Å². The van der Waals surface area contributed by atoms with Crippen LogP contribution in [0.1, 0.15) is 6.92 Å². The Morgan fingerprint density at radius 2 is 1.79 bits per heavy atom. The number of ether oxygens (including phenoxy) is 3. The number of anilines is 2. The molecule has 0 radical (unpaired) electrons. The van der Waals surface area contributed by atoms with Gasteiger partial charge in [0.25, 0.3) is 0 Å². The summed E-state index contributed by atoms with van der Waals surface area (Å²) in [7, 11) is 3.10. The Hall–Kier alpha value is -3.26. The molecule has 0 aliphatic rings. The highest BCUT2D eigenvalue weighted by molar-refractivity contribution is 7.14. The van der Waals surface area contributed by atoms with Gasteiger partial charge < -0.3 is 19.5 Å². The lowest BCUT2D eigenvalue weighted by molar-refractivity contribution is 0.262. The lowest BCUT2D eigenvalue weighted by Crippen LogP contribution is -2.19. The first-order valence-corrected chi connectivity index (χ1v) is 9.49. The van der Waals surface area contributed by atoms with E-state index in [9.17, 15) is 4.79 Å². The highest BCUT2D eigenvalue weighted by Crippen LogP contribution is 2.30. The Morgan fingerprint density at radius 1 is 1.04 bits per heavy atom. The summed E-state index contributed by atoms with van der Waals surface area (Å²) in [5.41, 5.74) is 2.32. The SMILES string of the molecule is CCOc1ccc(-c2csc(NC(=O)Nc3ccc(OC)c(OC)c3)n2)cc1. The molecule has 7 nitrogen and oxygen atoms in total. The first kappa shape index (κ1) is 19.5. The zero-order chi connectivity index (χ0) is 19.9. The summed E-state index contributed by atoms with van der Waals surface area (Å²) in [4.78, 5) is 16.7. The molecule has 0 saturated carbocycles. The molecule has 0 aliphatic carbocycles. The predicted molar refractivity (Wildman–Crippen MR) is 111 cm³/mol. The standard InChI is InChI=1S/C20H21N3O4S/c1-4-27-15-8-5-13(6-9-15)16-12-28-20(22-16)23-19(24)21-14-7-10-17(25-2)18(11-14)26-3/h5-12H,4H2,1-3H3,(H2,21,22,23,24). The van der Waals surface area contributed by atoms with Gasteiger partial charge >= 0.3 is 6.03 Å². The monoisotopic (exact) mass is 399 g/mol. The molecule has 8 heteroatoms. The van der Waals surface area contributed by atoms with Crippen molar-refractivity contribution in [2.24, 2.45) is 0 Å². The lowest BCUT2D eigenvalue weighted by Gasteiger charge is -2.10. The van der Waals surface area contributed by atoms with Gasteiger partial charge in [-0.1, -0.05) is 0 Å². The van der Waals surface area contributed by atoms with E-state index in [1.807, 2.05) is 36.6 Å². The third-order valence-electron chi connectivity index (χ3n) is 3.83. The number of rotatable bonds is 7. The van der Waals surface area contributed by atoms with Crippen molar-refractivity contribution >= 4 is 28.2 Å². The number of carbonyl (C=O) groups is 1. The van der Waals surface area contributed by atoms with E-state index in [1.165, 1.54) is 11.3 Å². The van der Waals surface area contributed by atoms with Crippen molar-refractivity contribution in [2.45, 2.75) is 6.92 Å². The molecule has 3 aromatic rings. The second-order valence-electron chi connectivity index (χ2n) is 5.64. The number of amides is 2. The van der Waals surface area contributed by atoms with Crippen LogP contribution in [-0.2, 0) is 0 Å².